The minimum Gasteiger partial charge on any atom is -0.369 e. The van der Waals surface area contributed by atoms with Crippen LogP contribution < -0.4 is 16.4 Å². The molecule has 6 rings (SSSR count). The van der Waals surface area contributed by atoms with Gasteiger partial charge in [0.2, 0.25) is 5.91 Å². The second-order valence-corrected chi connectivity index (χ2v) is 11.7. The highest BCUT2D eigenvalue weighted by Crippen LogP contribution is 2.51. The molecular formula is C29H29F6N9O2. The van der Waals surface area contributed by atoms with Crippen molar-refractivity contribution in [2.24, 2.45) is 23.5 Å². The first-order valence-corrected chi connectivity index (χ1v) is 14.4. The van der Waals surface area contributed by atoms with Crippen LogP contribution in [0.15, 0.2) is 36.9 Å². The standard InChI is InChI=1S/C29H29F6N9O2/c1-13-5-15(6-19(30)22(13)28(46)39-14(2)8-42-9-16-17(10-42)23(16)25(36)45)40-26-27-38-7-20(44(27)4-3-37-26)18-11-43(12-21(31)32)41-24(18)29(33,34)35/h3-7,11,14,16-17,21,23H,8-10,12H2,1-2H3,(H2,36,45)(H,37,40)(H,39,46)/t14-,16?,17?,23?/m1/s1. The molecule has 46 heavy (non-hydrogen) atoms. The molecule has 0 spiro atoms. The van der Waals surface area contributed by atoms with E-state index in [2.05, 4.69) is 30.6 Å². The van der Waals surface area contributed by atoms with Crippen LogP contribution in [0.5, 0.6) is 0 Å². The fourth-order valence-corrected chi connectivity index (χ4v) is 6.41. The molecule has 4 aromatic rings. The molecule has 1 saturated carbocycles. The quantitative estimate of drug-likeness (QED) is 0.222. The summed E-state index contributed by atoms with van der Waals surface area (Å²) in [7, 11) is 0. The van der Waals surface area contributed by atoms with Gasteiger partial charge < -0.3 is 21.3 Å². The van der Waals surface area contributed by atoms with Crippen molar-refractivity contribution in [1.82, 2.24) is 34.4 Å². The maximum absolute atomic E-state index is 15.3. The Labute approximate surface area is 257 Å². The summed E-state index contributed by atoms with van der Waals surface area (Å²) < 4.78 is 84.1. The van der Waals surface area contributed by atoms with Crippen molar-refractivity contribution >= 4 is 29.0 Å². The number of hydrogen-bond donors (Lipinski definition) is 3. The zero-order valence-electron chi connectivity index (χ0n) is 24.5. The number of piperidine rings is 1. The van der Waals surface area contributed by atoms with Crippen molar-refractivity contribution < 1.29 is 35.9 Å². The summed E-state index contributed by atoms with van der Waals surface area (Å²) in [4.78, 5) is 34.9. The minimum absolute atomic E-state index is 0.0640. The average molecular weight is 650 g/mol. The van der Waals surface area contributed by atoms with Gasteiger partial charge in [-0.1, -0.05) is 0 Å². The summed E-state index contributed by atoms with van der Waals surface area (Å²) in [6, 6.07) is 2.31. The van der Waals surface area contributed by atoms with E-state index in [1.165, 1.54) is 22.9 Å². The number of carbonyl (C=O) groups excluding carboxylic acids is 2. The summed E-state index contributed by atoms with van der Waals surface area (Å²) in [6.45, 7) is 4.31. The third kappa shape index (κ3) is 5.98. The Bertz CT molecular complexity index is 1790. The molecule has 1 aliphatic carbocycles. The van der Waals surface area contributed by atoms with Gasteiger partial charge in [0.25, 0.3) is 12.3 Å². The molecule has 1 saturated heterocycles. The lowest BCUT2D eigenvalue weighted by Crippen LogP contribution is -2.43. The van der Waals surface area contributed by atoms with Crippen LogP contribution in [-0.4, -0.2) is 73.0 Å². The zero-order chi connectivity index (χ0) is 33.1. The van der Waals surface area contributed by atoms with Gasteiger partial charge >= 0.3 is 6.18 Å². The highest BCUT2D eigenvalue weighted by molar-refractivity contribution is 5.96. The van der Waals surface area contributed by atoms with Gasteiger partial charge in [0.05, 0.1) is 23.0 Å². The van der Waals surface area contributed by atoms with E-state index < -0.39 is 42.1 Å². The number of imidazole rings is 1. The second-order valence-electron chi connectivity index (χ2n) is 11.7. The van der Waals surface area contributed by atoms with E-state index in [-0.39, 0.29) is 58.1 Å². The molecule has 0 bridgehead atoms. The van der Waals surface area contributed by atoms with Crippen LogP contribution in [0.25, 0.3) is 16.9 Å². The monoisotopic (exact) mass is 649 g/mol. The van der Waals surface area contributed by atoms with Crippen LogP contribution in [0.2, 0.25) is 0 Å². The summed E-state index contributed by atoms with van der Waals surface area (Å²) >= 11 is 0. The third-order valence-electron chi connectivity index (χ3n) is 8.34. The Morgan fingerprint density at radius 1 is 1.13 bits per heavy atom. The number of aromatic nitrogens is 5. The Morgan fingerprint density at radius 2 is 1.85 bits per heavy atom. The number of anilines is 2. The van der Waals surface area contributed by atoms with Crippen molar-refractivity contribution in [3.63, 3.8) is 0 Å². The SMILES string of the molecule is Cc1cc(Nc2nccn3c(-c4cn(CC(F)F)nc4C(F)(F)F)cnc23)cc(F)c1C(=O)N[C@H](C)CN1CC2C(C1)C2C(N)=O. The Morgan fingerprint density at radius 3 is 2.48 bits per heavy atom. The number of alkyl halides is 5. The Balaban J connectivity index is 1.18. The lowest BCUT2D eigenvalue weighted by molar-refractivity contribution is -0.141. The highest BCUT2D eigenvalue weighted by atomic mass is 19.4. The predicted molar refractivity (Wildman–Crippen MR) is 153 cm³/mol. The van der Waals surface area contributed by atoms with Crippen molar-refractivity contribution in [2.75, 3.05) is 25.0 Å². The molecule has 2 aliphatic rings. The Hall–Kier alpha value is -4.67. The van der Waals surface area contributed by atoms with E-state index in [0.29, 0.717) is 16.8 Å². The van der Waals surface area contributed by atoms with Gasteiger partial charge in [-0.3, -0.25) is 18.7 Å². The summed E-state index contributed by atoms with van der Waals surface area (Å²) in [5.41, 5.74) is 3.96. The molecule has 3 aromatic heterocycles. The van der Waals surface area contributed by atoms with Gasteiger partial charge in [0, 0.05) is 55.9 Å². The molecule has 2 fully saturated rings. The average Bonchev–Trinajstić information content (AvgIpc) is 3.30. The molecule has 4 heterocycles. The molecule has 2 unspecified atom stereocenters. The smallest absolute Gasteiger partial charge is 0.369 e. The number of amides is 2. The van der Waals surface area contributed by atoms with Gasteiger partial charge in [0.15, 0.2) is 17.2 Å². The number of nitrogens with zero attached hydrogens (tertiary/aromatic N) is 6. The highest BCUT2D eigenvalue weighted by Gasteiger charge is 2.58. The number of fused-ring (bicyclic) bond motifs is 2. The van der Waals surface area contributed by atoms with Gasteiger partial charge in [0.1, 0.15) is 12.4 Å². The first kappa shape index (κ1) is 31.3. The predicted octanol–water partition coefficient (Wildman–Crippen LogP) is 3.85. The number of aryl methyl sites for hydroxylation is 1. The van der Waals surface area contributed by atoms with Crippen molar-refractivity contribution in [3.8, 4) is 11.3 Å². The Kier molecular flexibility index (Phi) is 7.90. The van der Waals surface area contributed by atoms with Gasteiger partial charge in [-0.05, 0) is 43.4 Å². The normalized spacial score (nSPS) is 20.2. The number of primary amides is 1. The molecule has 1 aromatic carbocycles. The van der Waals surface area contributed by atoms with Gasteiger partial charge in [-0.25, -0.2) is 23.1 Å². The van der Waals surface area contributed by atoms with E-state index in [9.17, 15) is 31.5 Å². The minimum atomic E-state index is -4.92. The number of nitrogens with one attached hydrogen (secondary N) is 2. The van der Waals surface area contributed by atoms with Crippen LogP contribution in [-0.2, 0) is 17.5 Å². The van der Waals surface area contributed by atoms with E-state index in [1.54, 1.807) is 6.92 Å². The van der Waals surface area contributed by atoms with E-state index >= 15 is 4.39 Å². The number of likely N-dealkylation sites (tertiary alicyclic amines) is 1. The van der Waals surface area contributed by atoms with E-state index in [1.807, 2.05) is 6.92 Å². The van der Waals surface area contributed by atoms with Crippen LogP contribution in [0.3, 0.4) is 0 Å². The molecule has 4 N–H and O–H groups in total. The fraction of sp³-hybridized carbons (Fsp3) is 0.414. The van der Waals surface area contributed by atoms with Crippen molar-refractivity contribution in [2.45, 2.75) is 39.0 Å². The number of nitrogens with two attached hydrogens (primary N) is 1. The summed E-state index contributed by atoms with van der Waals surface area (Å²) in [6.07, 6.45) is -3.21. The molecule has 0 radical (unpaired) electrons. The largest absolute Gasteiger partial charge is 0.435 e. The number of carbonyl (C=O) groups is 2. The zero-order valence-corrected chi connectivity index (χ0v) is 24.5. The molecule has 11 nitrogen and oxygen atoms in total. The lowest BCUT2D eigenvalue weighted by atomic mass is 10.1. The van der Waals surface area contributed by atoms with Crippen LogP contribution >= 0.6 is 0 Å². The lowest BCUT2D eigenvalue weighted by Gasteiger charge is -2.24. The fourth-order valence-electron chi connectivity index (χ4n) is 6.41. The topological polar surface area (TPSA) is 135 Å². The van der Waals surface area contributed by atoms with E-state index in [4.69, 9.17) is 5.73 Å². The molecule has 244 valence electrons. The summed E-state index contributed by atoms with van der Waals surface area (Å²) in [5.74, 6) is -1.19. The molecule has 2 amide bonds. The van der Waals surface area contributed by atoms with Gasteiger partial charge in [-0.15, -0.1) is 0 Å². The van der Waals surface area contributed by atoms with Gasteiger partial charge in [-0.2, -0.15) is 18.3 Å². The maximum atomic E-state index is 15.3. The number of halogens is 6. The van der Waals surface area contributed by atoms with Crippen LogP contribution in [0.4, 0.5) is 37.8 Å². The number of hydrogen-bond acceptors (Lipinski definition) is 7. The molecule has 1 aliphatic heterocycles. The van der Waals surface area contributed by atoms with Crippen molar-refractivity contribution in [3.05, 3.63) is 59.6 Å². The number of rotatable bonds is 10. The first-order valence-electron chi connectivity index (χ1n) is 14.4. The summed E-state index contributed by atoms with van der Waals surface area (Å²) in [5, 5.41) is 9.04. The van der Waals surface area contributed by atoms with Crippen LogP contribution in [0.1, 0.15) is 28.5 Å². The molecule has 3 atom stereocenters. The van der Waals surface area contributed by atoms with E-state index in [0.717, 1.165) is 31.5 Å². The molecular weight excluding hydrogens is 620 g/mol. The van der Waals surface area contributed by atoms with Crippen LogP contribution in [0, 0.1) is 30.5 Å². The van der Waals surface area contributed by atoms with Crippen molar-refractivity contribution in [1.29, 1.82) is 0 Å². The first-order chi connectivity index (χ1) is 21.7. The number of benzene rings is 1. The second kappa shape index (κ2) is 11.6. The molecule has 17 heteroatoms. The maximum Gasteiger partial charge on any atom is 0.435 e. The third-order valence-corrected chi connectivity index (χ3v) is 8.34.